The van der Waals surface area contributed by atoms with Crippen LogP contribution >= 0.6 is 0 Å². The third-order valence-corrected chi connectivity index (χ3v) is 2.40. The van der Waals surface area contributed by atoms with Crippen molar-refractivity contribution >= 4 is 6.79 Å². The van der Waals surface area contributed by atoms with E-state index in [1.165, 1.54) is 40.0 Å². The van der Waals surface area contributed by atoms with E-state index in [9.17, 15) is 0 Å². The molecule has 0 atom stereocenters. The highest BCUT2D eigenvalue weighted by Gasteiger charge is 2.36. The van der Waals surface area contributed by atoms with Crippen molar-refractivity contribution in [1.29, 1.82) is 0 Å². The number of carbonyl (C=O) groups excluding carboxylic acids is 1. The third kappa shape index (κ3) is 1.25. The third-order valence-electron chi connectivity index (χ3n) is 2.40. The first-order chi connectivity index (χ1) is 5.90. The second-order valence-corrected chi connectivity index (χ2v) is 3.53. The van der Waals surface area contributed by atoms with Crippen LogP contribution in [0.15, 0.2) is 0 Å². The summed E-state index contributed by atoms with van der Waals surface area (Å²) in [5.74, 6) is 0. The van der Waals surface area contributed by atoms with Crippen LogP contribution in [0.25, 0.3) is 0 Å². The smallest absolute Gasteiger partial charge is 0.106 e. The molecular weight excluding hydrogens is 156 g/mol. The Hall–Kier alpha value is -0.490. The number of hydrogen-bond donors (Lipinski definition) is 0. The number of hydrogen-bond acceptors (Lipinski definition) is 5. The van der Waals surface area contributed by atoms with Crippen LogP contribution in [-0.2, 0) is 4.79 Å². The van der Waals surface area contributed by atoms with Gasteiger partial charge in [0.1, 0.15) is 6.79 Å². The van der Waals surface area contributed by atoms with E-state index in [0.717, 1.165) is 0 Å². The molecule has 0 aromatic rings. The van der Waals surface area contributed by atoms with Gasteiger partial charge in [-0.05, 0) is 0 Å². The van der Waals surface area contributed by atoms with Crippen molar-refractivity contribution in [2.45, 2.75) is 0 Å². The predicted molar refractivity (Wildman–Crippen MR) is 43.7 cm³/mol. The molecule has 4 aliphatic rings. The molecule has 4 aliphatic heterocycles. The molecule has 5 nitrogen and oxygen atoms in total. The van der Waals surface area contributed by atoms with Gasteiger partial charge in [0.05, 0.1) is 40.0 Å². The average molecular weight is 170 g/mol. The molecule has 12 heavy (non-hydrogen) atoms. The van der Waals surface area contributed by atoms with Crippen LogP contribution in [0.1, 0.15) is 0 Å². The lowest BCUT2D eigenvalue weighted by Gasteiger charge is -2.56. The number of nitrogens with zero attached hydrogens (tertiary/aromatic N) is 4. The summed E-state index contributed by atoms with van der Waals surface area (Å²) in [5.41, 5.74) is 0. The molecule has 0 unspecified atom stereocenters. The maximum atomic E-state index is 8.00. The van der Waals surface area contributed by atoms with E-state index in [-0.39, 0.29) is 0 Å². The lowest BCUT2D eigenvalue weighted by molar-refractivity contribution is -0.194. The van der Waals surface area contributed by atoms with Crippen molar-refractivity contribution in [3.05, 3.63) is 0 Å². The Morgan fingerprint density at radius 2 is 0.750 bits per heavy atom. The highest BCUT2D eigenvalue weighted by Crippen LogP contribution is 2.20. The first-order valence-corrected chi connectivity index (χ1v) is 4.08. The summed E-state index contributed by atoms with van der Waals surface area (Å²) in [6, 6.07) is 0. The standard InChI is InChI=1S/C6H12N4.CH2O/c1-7-2-9-4-8(1)5-10(3-7)6-9;1-2/h1-6H2;1H2. The van der Waals surface area contributed by atoms with Crippen LogP contribution in [0, 0.1) is 0 Å². The Bertz CT molecular complexity index is 118. The molecule has 0 N–H and O–H groups in total. The van der Waals surface area contributed by atoms with Gasteiger partial charge in [0, 0.05) is 0 Å². The molecule has 0 radical (unpaired) electrons. The zero-order valence-corrected chi connectivity index (χ0v) is 7.15. The van der Waals surface area contributed by atoms with Crippen LogP contribution in [-0.4, -0.2) is 66.4 Å². The highest BCUT2D eigenvalue weighted by atomic mass is 16.1. The maximum absolute atomic E-state index is 8.00. The van der Waals surface area contributed by atoms with Crippen molar-refractivity contribution in [2.75, 3.05) is 40.0 Å². The summed E-state index contributed by atoms with van der Waals surface area (Å²) >= 11 is 0. The quantitative estimate of drug-likeness (QED) is 0.455. The topological polar surface area (TPSA) is 30.0 Å². The minimum Gasteiger partial charge on any atom is -0.307 e. The Kier molecular flexibility index (Phi) is 2.10. The van der Waals surface area contributed by atoms with Crippen LogP contribution in [0.5, 0.6) is 0 Å². The normalized spacial score (nSPS) is 48.3. The molecule has 4 fully saturated rings. The zero-order chi connectivity index (χ0) is 8.55. The molecule has 0 aromatic heterocycles. The lowest BCUT2D eigenvalue weighted by Crippen LogP contribution is -2.71. The van der Waals surface area contributed by atoms with Crippen LogP contribution in [0.2, 0.25) is 0 Å². The second kappa shape index (κ2) is 3.10. The Morgan fingerprint density at radius 3 is 0.917 bits per heavy atom. The minimum absolute atomic E-state index is 1.19. The molecule has 0 aromatic carbocycles. The van der Waals surface area contributed by atoms with Gasteiger partial charge in [-0.3, -0.25) is 19.6 Å². The molecule has 4 saturated heterocycles. The molecule has 0 saturated carbocycles. The summed E-state index contributed by atoms with van der Waals surface area (Å²) in [5, 5.41) is 0. The van der Waals surface area contributed by atoms with Crippen molar-refractivity contribution in [1.82, 2.24) is 19.6 Å². The SMILES string of the molecule is C1N2CN3CN1CN(C2)C3.C=O. The van der Waals surface area contributed by atoms with Gasteiger partial charge in [0.2, 0.25) is 0 Å². The van der Waals surface area contributed by atoms with E-state index in [1.807, 2.05) is 6.79 Å². The van der Waals surface area contributed by atoms with Crippen molar-refractivity contribution in [2.24, 2.45) is 0 Å². The summed E-state index contributed by atoms with van der Waals surface area (Å²) in [7, 11) is 0. The molecule has 4 heterocycles. The van der Waals surface area contributed by atoms with E-state index in [2.05, 4.69) is 19.6 Å². The Balaban J connectivity index is 0.000000264. The number of carbonyl (C=O) groups is 1. The first-order valence-electron chi connectivity index (χ1n) is 4.08. The molecule has 0 aliphatic carbocycles. The van der Waals surface area contributed by atoms with E-state index in [1.54, 1.807) is 0 Å². The highest BCUT2D eigenvalue weighted by molar-refractivity contribution is 5.10. The average Bonchev–Trinajstić information content (AvgIpc) is 2.05. The molecule has 68 valence electrons. The van der Waals surface area contributed by atoms with E-state index >= 15 is 0 Å². The van der Waals surface area contributed by atoms with Gasteiger partial charge in [0.25, 0.3) is 0 Å². The molecule has 4 rings (SSSR count). The molecular formula is C7H14N4O. The van der Waals surface area contributed by atoms with E-state index in [0.29, 0.717) is 0 Å². The Labute approximate surface area is 72.1 Å². The fourth-order valence-corrected chi connectivity index (χ4v) is 2.23. The first kappa shape index (κ1) is 8.12. The number of rotatable bonds is 0. The molecule has 0 spiro atoms. The monoisotopic (exact) mass is 170 g/mol. The molecule has 4 bridgehead atoms. The van der Waals surface area contributed by atoms with E-state index < -0.39 is 0 Å². The summed E-state index contributed by atoms with van der Waals surface area (Å²) in [6.45, 7) is 9.12. The lowest BCUT2D eigenvalue weighted by atomic mass is 10.4. The minimum atomic E-state index is 1.19. The Morgan fingerprint density at radius 1 is 0.583 bits per heavy atom. The van der Waals surface area contributed by atoms with Gasteiger partial charge in [-0.25, -0.2) is 0 Å². The summed E-state index contributed by atoms with van der Waals surface area (Å²) < 4.78 is 0. The van der Waals surface area contributed by atoms with E-state index in [4.69, 9.17) is 4.79 Å². The maximum Gasteiger partial charge on any atom is 0.106 e. The van der Waals surface area contributed by atoms with Gasteiger partial charge in [-0.1, -0.05) is 0 Å². The molecule has 0 amide bonds. The second-order valence-electron chi connectivity index (χ2n) is 3.53. The largest absolute Gasteiger partial charge is 0.307 e. The van der Waals surface area contributed by atoms with Gasteiger partial charge < -0.3 is 4.79 Å². The summed E-state index contributed by atoms with van der Waals surface area (Å²) in [4.78, 5) is 17.9. The summed E-state index contributed by atoms with van der Waals surface area (Å²) in [6.07, 6.45) is 0. The zero-order valence-electron chi connectivity index (χ0n) is 7.15. The van der Waals surface area contributed by atoms with Crippen molar-refractivity contribution in [3.8, 4) is 0 Å². The van der Waals surface area contributed by atoms with Crippen LogP contribution in [0.4, 0.5) is 0 Å². The van der Waals surface area contributed by atoms with Gasteiger partial charge in [-0.15, -0.1) is 0 Å². The van der Waals surface area contributed by atoms with Crippen LogP contribution in [0.3, 0.4) is 0 Å². The van der Waals surface area contributed by atoms with Gasteiger partial charge in [0.15, 0.2) is 0 Å². The van der Waals surface area contributed by atoms with Crippen molar-refractivity contribution in [3.63, 3.8) is 0 Å². The molecule has 5 heteroatoms. The van der Waals surface area contributed by atoms with Gasteiger partial charge >= 0.3 is 0 Å². The van der Waals surface area contributed by atoms with Gasteiger partial charge in [-0.2, -0.15) is 0 Å². The predicted octanol–water partition coefficient (Wildman–Crippen LogP) is -1.20. The van der Waals surface area contributed by atoms with Crippen LogP contribution < -0.4 is 0 Å². The van der Waals surface area contributed by atoms with Crippen molar-refractivity contribution < 1.29 is 4.79 Å². The fraction of sp³-hybridized carbons (Fsp3) is 0.857. The fourth-order valence-electron chi connectivity index (χ4n) is 2.23.